The smallest absolute Gasteiger partial charge is 0.268 e. The largest absolute Gasteiger partial charge is 0.510 e. The summed E-state index contributed by atoms with van der Waals surface area (Å²) >= 11 is 0. The number of aromatic nitrogens is 4. The van der Waals surface area contributed by atoms with Crippen molar-refractivity contribution in [1.29, 1.82) is 0 Å². The summed E-state index contributed by atoms with van der Waals surface area (Å²) in [6, 6.07) is 68.8. The number of hydrogen-bond acceptors (Lipinski definition) is 2. The molecule has 358 valence electrons. The van der Waals surface area contributed by atoms with Gasteiger partial charge in [0.1, 0.15) is 5.82 Å². The minimum absolute atomic E-state index is 0. The number of para-hydroxylation sites is 2. The molecule has 8 aromatic carbocycles. The topological polar surface area (TPSA) is 35.9 Å². The first kappa shape index (κ1) is 47.0. The van der Waals surface area contributed by atoms with Gasteiger partial charge in [0.05, 0.1) is 16.7 Å². The third kappa shape index (κ3) is 7.99. The first-order valence-electron chi connectivity index (χ1n) is 24.7. The molecule has 72 heavy (non-hydrogen) atoms. The third-order valence-electron chi connectivity index (χ3n) is 14.3. The summed E-state index contributed by atoms with van der Waals surface area (Å²) in [5.41, 5.74) is 18.8. The molecule has 11 aromatic rings. The average Bonchev–Trinajstić information content (AvgIpc) is 3.92. The fourth-order valence-corrected chi connectivity index (χ4v) is 10.4. The average molecular weight is 1120 g/mol. The van der Waals surface area contributed by atoms with E-state index in [2.05, 4.69) is 246 Å². The molecule has 0 unspecified atom stereocenters. The molecule has 0 saturated heterocycles. The van der Waals surface area contributed by atoms with Crippen LogP contribution in [0.15, 0.2) is 176 Å². The second kappa shape index (κ2) is 17.5. The number of nitrogens with zero attached hydrogens (tertiary/aromatic N) is 4. The van der Waals surface area contributed by atoms with Crippen LogP contribution in [0.1, 0.15) is 79.0 Å². The second-order valence-corrected chi connectivity index (χ2v) is 22.1. The summed E-state index contributed by atoms with van der Waals surface area (Å²) in [6.45, 7) is 20.4. The van der Waals surface area contributed by atoms with Gasteiger partial charge in [0.2, 0.25) is 0 Å². The van der Waals surface area contributed by atoms with Gasteiger partial charge in [-0.15, -0.1) is 29.7 Å². The van der Waals surface area contributed by atoms with Crippen LogP contribution in [0.25, 0.3) is 94.5 Å². The zero-order valence-corrected chi connectivity index (χ0v) is 44.5. The van der Waals surface area contributed by atoms with Crippen LogP contribution >= 0.6 is 0 Å². The minimum Gasteiger partial charge on any atom is -0.510 e. The van der Waals surface area contributed by atoms with Gasteiger partial charge in [0, 0.05) is 44.3 Å². The summed E-state index contributed by atoms with van der Waals surface area (Å²) in [5, 5.41) is 2.22. The number of pyridine rings is 1. The molecular formula is C66H56N4OPt-2. The summed E-state index contributed by atoms with van der Waals surface area (Å²) < 4.78 is 13.5. The fraction of sp³-hybridized carbons (Fsp3) is 0.182. The molecule has 0 spiro atoms. The predicted octanol–water partition coefficient (Wildman–Crippen LogP) is 16.5. The Morgan fingerprint density at radius 2 is 1.07 bits per heavy atom. The zero-order chi connectivity index (χ0) is 49.0. The predicted molar refractivity (Wildman–Crippen MR) is 291 cm³/mol. The quantitative estimate of drug-likeness (QED) is 0.127. The van der Waals surface area contributed by atoms with Crippen molar-refractivity contribution >= 4 is 32.8 Å². The van der Waals surface area contributed by atoms with Crippen molar-refractivity contribution in [3.05, 3.63) is 211 Å². The number of hydrogen-bond donors (Lipinski definition) is 0. The molecule has 1 aliphatic heterocycles. The maximum atomic E-state index is 6.80. The molecule has 0 amide bonds. The first-order chi connectivity index (χ1) is 34.1. The van der Waals surface area contributed by atoms with E-state index in [0.717, 1.165) is 72.3 Å². The molecule has 0 bridgehead atoms. The maximum Gasteiger partial charge on any atom is 0.268 e. The van der Waals surface area contributed by atoms with Gasteiger partial charge in [-0.2, -0.15) is 18.2 Å². The van der Waals surface area contributed by atoms with Gasteiger partial charge < -0.3 is 13.9 Å². The Hall–Kier alpha value is -7.33. The molecule has 1 aliphatic rings. The van der Waals surface area contributed by atoms with E-state index in [1.54, 1.807) is 0 Å². The Labute approximate surface area is 437 Å². The number of rotatable bonds is 5. The maximum absolute atomic E-state index is 6.80. The van der Waals surface area contributed by atoms with Crippen LogP contribution in [0, 0.1) is 18.5 Å². The van der Waals surface area contributed by atoms with E-state index in [9.17, 15) is 0 Å². The number of ether oxygens (including phenoxy) is 1. The van der Waals surface area contributed by atoms with E-state index < -0.39 is 0 Å². The van der Waals surface area contributed by atoms with E-state index in [0.29, 0.717) is 11.5 Å². The van der Waals surface area contributed by atoms with E-state index in [1.807, 2.05) is 24.4 Å². The molecule has 0 saturated carbocycles. The Morgan fingerprint density at radius 3 is 1.76 bits per heavy atom. The third-order valence-corrected chi connectivity index (χ3v) is 14.3. The molecule has 0 fully saturated rings. The van der Waals surface area contributed by atoms with E-state index in [1.165, 1.54) is 38.9 Å². The van der Waals surface area contributed by atoms with Crippen LogP contribution in [0.2, 0.25) is 0 Å². The SMILES string of the molecule is CC(C)(C)c1ccc(-c2cccc3c2-[n+]2[c-]n(-c4[c-]c(Oc5[c-]c6c(cc5)c5ccccc5n6-c5cc(C(C)(C)C)ccn5)ccc4)c4cc(C(C)(C)C)cc(c42)-c2ccccc2-c2ccccc2-3)cc1.[Pt]. The Kier molecular flexibility index (Phi) is 11.4. The number of fused-ring (bicyclic) bond motifs is 10. The Balaban J connectivity index is 0.00000560. The standard InChI is InChI=1S/C66H56N4O.Pt/c1-64(2,3)43-30-28-42(29-31-43)49-25-17-26-56-52-22-12-10-20-50(52)51-21-11-13-23-53(51)57-36-45(66(7,8)9)37-60-63(57)69(62(49)56)41-68(60)46-18-16-19-47(39-46)71-48-32-33-55-54-24-14-15-27-58(54)70(59(55)40-48)61-38-44(34-35-67-61)65(4,5)6;/h10-38H,1-9H3;/q-2;. The van der Waals surface area contributed by atoms with E-state index in [-0.39, 0.29) is 37.3 Å². The van der Waals surface area contributed by atoms with Crippen molar-refractivity contribution in [2.45, 2.75) is 78.6 Å². The Morgan fingerprint density at radius 1 is 0.472 bits per heavy atom. The molecule has 4 heterocycles. The van der Waals surface area contributed by atoms with Crippen LogP contribution in [-0.2, 0) is 37.3 Å². The summed E-state index contributed by atoms with van der Waals surface area (Å²) in [5.74, 6) is 2.01. The van der Waals surface area contributed by atoms with Crippen LogP contribution in [0.3, 0.4) is 0 Å². The summed E-state index contributed by atoms with van der Waals surface area (Å²) in [7, 11) is 0. The van der Waals surface area contributed by atoms with Crippen LogP contribution in [0.5, 0.6) is 11.5 Å². The molecule has 3 aromatic heterocycles. The molecule has 0 atom stereocenters. The van der Waals surface area contributed by atoms with Crippen LogP contribution in [0.4, 0.5) is 0 Å². The molecule has 6 heteroatoms. The van der Waals surface area contributed by atoms with E-state index >= 15 is 0 Å². The Bertz CT molecular complexity index is 3910. The zero-order valence-electron chi connectivity index (χ0n) is 42.3. The van der Waals surface area contributed by atoms with Gasteiger partial charge >= 0.3 is 0 Å². The molecule has 0 aliphatic carbocycles. The minimum atomic E-state index is -0.164. The number of benzene rings is 8. The van der Waals surface area contributed by atoms with Crippen molar-refractivity contribution in [2.24, 2.45) is 0 Å². The van der Waals surface area contributed by atoms with Crippen molar-refractivity contribution < 1.29 is 30.4 Å². The fourth-order valence-electron chi connectivity index (χ4n) is 10.4. The monoisotopic (exact) mass is 1120 g/mol. The summed E-state index contributed by atoms with van der Waals surface area (Å²) in [4.78, 5) is 4.90. The van der Waals surface area contributed by atoms with Gasteiger partial charge in [-0.3, -0.25) is 4.57 Å². The van der Waals surface area contributed by atoms with Gasteiger partial charge in [0.15, 0.2) is 0 Å². The van der Waals surface area contributed by atoms with Crippen LogP contribution in [-0.4, -0.2) is 14.1 Å². The van der Waals surface area contributed by atoms with Crippen molar-refractivity contribution in [3.63, 3.8) is 0 Å². The van der Waals surface area contributed by atoms with Gasteiger partial charge in [-0.1, -0.05) is 183 Å². The molecule has 12 rings (SSSR count). The normalized spacial score (nSPS) is 12.4. The van der Waals surface area contributed by atoms with E-state index in [4.69, 9.17) is 9.72 Å². The van der Waals surface area contributed by atoms with Crippen molar-refractivity contribution in [2.75, 3.05) is 0 Å². The molecule has 5 nitrogen and oxygen atoms in total. The molecule has 0 radical (unpaired) electrons. The van der Waals surface area contributed by atoms with Gasteiger partial charge in [-0.05, 0) is 113 Å². The second-order valence-electron chi connectivity index (χ2n) is 22.1. The molecule has 0 N–H and O–H groups in total. The van der Waals surface area contributed by atoms with Crippen molar-refractivity contribution in [3.8, 4) is 73.2 Å². The number of imidazole rings is 1. The van der Waals surface area contributed by atoms with Crippen LogP contribution < -0.4 is 9.30 Å². The molecular weight excluding hydrogens is 1060 g/mol. The van der Waals surface area contributed by atoms with Crippen molar-refractivity contribution in [1.82, 2.24) is 14.1 Å². The summed E-state index contributed by atoms with van der Waals surface area (Å²) in [6.07, 6.45) is 5.89. The van der Waals surface area contributed by atoms with Gasteiger partial charge in [0.25, 0.3) is 6.33 Å². The first-order valence-corrected chi connectivity index (χ1v) is 24.7. The van der Waals surface area contributed by atoms with Gasteiger partial charge in [-0.25, -0.2) is 4.98 Å².